The Bertz CT molecular complexity index is 449. The highest BCUT2D eigenvalue weighted by Crippen LogP contribution is 2.30. The van der Waals surface area contributed by atoms with Crippen LogP contribution in [0.1, 0.15) is 57.6 Å². The van der Waals surface area contributed by atoms with Gasteiger partial charge in [0.15, 0.2) is 0 Å². The SMILES string of the molecule is C/C=C/c1cc(OCC(CC)CCCC)c(C)cc1OC. The molecule has 1 aromatic carbocycles. The van der Waals surface area contributed by atoms with Gasteiger partial charge in [-0.1, -0.05) is 45.3 Å². The zero-order chi connectivity index (χ0) is 15.7. The van der Waals surface area contributed by atoms with Crippen LogP contribution < -0.4 is 9.47 Å². The van der Waals surface area contributed by atoms with Gasteiger partial charge in [-0.2, -0.15) is 0 Å². The largest absolute Gasteiger partial charge is 0.496 e. The van der Waals surface area contributed by atoms with Crippen LogP contribution in [-0.2, 0) is 0 Å². The maximum Gasteiger partial charge on any atom is 0.126 e. The van der Waals surface area contributed by atoms with Gasteiger partial charge in [-0.05, 0) is 43.9 Å². The van der Waals surface area contributed by atoms with Gasteiger partial charge in [0.25, 0.3) is 0 Å². The average molecular weight is 290 g/mol. The number of ether oxygens (including phenoxy) is 2. The Morgan fingerprint density at radius 3 is 2.52 bits per heavy atom. The van der Waals surface area contributed by atoms with Crippen LogP contribution >= 0.6 is 0 Å². The van der Waals surface area contributed by atoms with E-state index in [1.54, 1.807) is 7.11 Å². The molecule has 0 aromatic heterocycles. The van der Waals surface area contributed by atoms with Gasteiger partial charge in [0.05, 0.1) is 13.7 Å². The molecule has 0 saturated carbocycles. The van der Waals surface area contributed by atoms with Crippen molar-refractivity contribution in [1.82, 2.24) is 0 Å². The van der Waals surface area contributed by atoms with Crippen LogP contribution in [0.25, 0.3) is 6.08 Å². The summed E-state index contributed by atoms with van der Waals surface area (Å²) in [4.78, 5) is 0. The van der Waals surface area contributed by atoms with E-state index >= 15 is 0 Å². The molecule has 21 heavy (non-hydrogen) atoms. The van der Waals surface area contributed by atoms with Gasteiger partial charge in [-0.15, -0.1) is 0 Å². The van der Waals surface area contributed by atoms with Crippen molar-refractivity contribution < 1.29 is 9.47 Å². The molecule has 0 saturated heterocycles. The smallest absolute Gasteiger partial charge is 0.126 e. The fourth-order valence-electron chi connectivity index (χ4n) is 2.43. The van der Waals surface area contributed by atoms with Gasteiger partial charge in [-0.3, -0.25) is 0 Å². The molecule has 0 bridgehead atoms. The van der Waals surface area contributed by atoms with E-state index in [0.29, 0.717) is 5.92 Å². The molecule has 1 unspecified atom stereocenters. The lowest BCUT2D eigenvalue weighted by Crippen LogP contribution is -2.12. The fourth-order valence-corrected chi connectivity index (χ4v) is 2.43. The van der Waals surface area contributed by atoms with Crippen molar-refractivity contribution in [2.45, 2.75) is 53.4 Å². The van der Waals surface area contributed by atoms with Crippen LogP contribution in [0.15, 0.2) is 18.2 Å². The highest BCUT2D eigenvalue weighted by molar-refractivity contribution is 5.61. The normalized spacial score (nSPS) is 12.6. The summed E-state index contributed by atoms with van der Waals surface area (Å²) in [5, 5.41) is 0. The molecule has 1 atom stereocenters. The molecule has 0 aliphatic heterocycles. The van der Waals surface area contributed by atoms with Gasteiger partial charge in [0, 0.05) is 5.56 Å². The first-order valence-corrected chi connectivity index (χ1v) is 8.10. The van der Waals surface area contributed by atoms with E-state index in [2.05, 4.69) is 39.0 Å². The molecule has 0 aliphatic rings. The van der Waals surface area contributed by atoms with E-state index in [9.17, 15) is 0 Å². The summed E-state index contributed by atoms with van der Waals surface area (Å²) in [6.07, 6.45) is 9.05. The highest BCUT2D eigenvalue weighted by atomic mass is 16.5. The van der Waals surface area contributed by atoms with Crippen LogP contribution in [0.4, 0.5) is 0 Å². The first kappa shape index (κ1) is 17.6. The van der Waals surface area contributed by atoms with Gasteiger partial charge in [0.1, 0.15) is 11.5 Å². The van der Waals surface area contributed by atoms with Crippen molar-refractivity contribution >= 4 is 6.08 Å². The predicted molar refractivity (Wildman–Crippen MR) is 91.2 cm³/mol. The van der Waals surface area contributed by atoms with Crippen LogP contribution in [-0.4, -0.2) is 13.7 Å². The minimum atomic E-state index is 0.650. The van der Waals surface area contributed by atoms with Crippen molar-refractivity contribution in [2.24, 2.45) is 5.92 Å². The molecule has 1 rings (SSSR count). The molecule has 0 N–H and O–H groups in total. The third-order valence-corrected chi connectivity index (χ3v) is 3.89. The first-order chi connectivity index (χ1) is 10.2. The second-order valence-electron chi connectivity index (χ2n) is 5.59. The maximum absolute atomic E-state index is 6.08. The molecular weight excluding hydrogens is 260 g/mol. The van der Waals surface area contributed by atoms with E-state index in [1.165, 1.54) is 25.7 Å². The zero-order valence-electron chi connectivity index (χ0n) is 14.2. The summed E-state index contributed by atoms with van der Waals surface area (Å²) in [5.41, 5.74) is 2.20. The van der Waals surface area contributed by atoms with Gasteiger partial charge in [-0.25, -0.2) is 0 Å². The lowest BCUT2D eigenvalue weighted by Gasteiger charge is -2.18. The van der Waals surface area contributed by atoms with Crippen molar-refractivity contribution in [3.8, 4) is 11.5 Å². The first-order valence-electron chi connectivity index (χ1n) is 8.10. The summed E-state index contributed by atoms with van der Waals surface area (Å²) in [6, 6.07) is 4.14. The topological polar surface area (TPSA) is 18.5 Å². The Hall–Kier alpha value is -1.44. The van der Waals surface area contributed by atoms with Crippen molar-refractivity contribution in [1.29, 1.82) is 0 Å². The summed E-state index contributed by atoms with van der Waals surface area (Å²) in [5.74, 6) is 2.52. The van der Waals surface area contributed by atoms with Gasteiger partial charge >= 0.3 is 0 Å². The molecule has 0 aliphatic carbocycles. The Labute approximate surface area is 130 Å². The van der Waals surface area contributed by atoms with Gasteiger partial charge < -0.3 is 9.47 Å². The Morgan fingerprint density at radius 2 is 1.95 bits per heavy atom. The molecule has 2 heteroatoms. The molecule has 118 valence electrons. The van der Waals surface area contributed by atoms with E-state index in [0.717, 1.165) is 29.2 Å². The highest BCUT2D eigenvalue weighted by Gasteiger charge is 2.10. The van der Waals surface area contributed by atoms with Crippen molar-refractivity contribution in [3.63, 3.8) is 0 Å². The summed E-state index contributed by atoms with van der Waals surface area (Å²) >= 11 is 0. The third-order valence-electron chi connectivity index (χ3n) is 3.89. The van der Waals surface area contributed by atoms with E-state index in [-0.39, 0.29) is 0 Å². The molecule has 0 heterocycles. The van der Waals surface area contributed by atoms with Crippen LogP contribution in [0.2, 0.25) is 0 Å². The lowest BCUT2D eigenvalue weighted by molar-refractivity contribution is 0.232. The summed E-state index contributed by atoms with van der Waals surface area (Å²) in [7, 11) is 1.71. The molecular formula is C19H30O2. The average Bonchev–Trinajstić information content (AvgIpc) is 2.50. The second-order valence-corrected chi connectivity index (χ2v) is 5.59. The molecule has 0 amide bonds. The van der Waals surface area contributed by atoms with Crippen molar-refractivity contribution in [2.75, 3.05) is 13.7 Å². The second kappa shape index (κ2) is 9.49. The summed E-state index contributed by atoms with van der Waals surface area (Å²) in [6.45, 7) is 9.38. The molecule has 1 aromatic rings. The number of rotatable bonds is 9. The molecule has 0 spiro atoms. The quantitative estimate of drug-likeness (QED) is 0.586. The number of allylic oxidation sites excluding steroid dienone is 1. The Balaban J connectivity index is 2.80. The van der Waals surface area contributed by atoms with E-state index < -0.39 is 0 Å². The number of aryl methyl sites for hydroxylation is 1. The standard InChI is InChI=1S/C19H30O2/c1-6-9-11-16(8-3)14-21-18-13-17(10-7-2)19(20-5)12-15(18)4/h7,10,12-13,16H,6,8-9,11,14H2,1-5H3/b10-7+. The van der Waals surface area contributed by atoms with Gasteiger partial charge in [0.2, 0.25) is 0 Å². The number of hydrogen-bond donors (Lipinski definition) is 0. The van der Waals surface area contributed by atoms with Crippen LogP contribution in [0.5, 0.6) is 11.5 Å². The van der Waals surface area contributed by atoms with E-state index in [4.69, 9.17) is 9.47 Å². The number of hydrogen-bond acceptors (Lipinski definition) is 2. The fraction of sp³-hybridized carbons (Fsp3) is 0.579. The monoisotopic (exact) mass is 290 g/mol. The van der Waals surface area contributed by atoms with Crippen molar-refractivity contribution in [3.05, 3.63) is 29.3 Å². The number of unbranched alkanes of at least 4 members (excludes halogenated alkanes) is 1. The lowest BCUT2D eigenvalue weighted by atomic mass is 10.0. The zero-order valence-corrected chi connectivity index (χ0v) is 14.2. The van der Waals surface area contributed by atoms with Crippen LogP contribution in [0, 0.1) is 12.8 Å². The third kappa shape index (κ3) is 5.45. The minimum Gasteiger partial charge on any atom is -0.496 e. The van der Waals surface area contributed by atoms with E-state index in [1.807, 2.05) is 13.0 Å². The Kier molecular flexibility index (Phi) is 7.96. The molecule has 0 fully saturated rings. The summed E-state index contributed by atoms with van der Waals surface area (Å²) < 4.78 is 11.5. The Morgan fingerprint density at radius 1 is 1.19 bits per heavy atom. The molecule has 0 radical (unpaired) electrons. The maximum atomic E-state index is 6.08. The minimum absolute atomic E-state index is 0.650. The molecule has 2 nitrogen and oxygen atoms in total. The predicted octanol–water partition coefficient (Wildman–Crippen LogP) is 5.63. The number of benzene rings is 1. The van der Waals surface area contributed by atoms with Crippen LogP contribution in [0.3, 0.4) is 0 Å². The number of methoxy groups -OCH3 is 1.